The summed E-state index contributed by atoms with van der Waals surface area (Å²) in [5.41, 5.74) is 2.27. The Morgan fingerprint density at radius 2 is 1.75 bits per heavy atom. The fraction of sp³-hybridized carbons (Fsp3) is 0.105. The summed E-state index contributed by atoms with van der Waals surface area (Å²) in [6, 6.07) is 12.5. The molecule has 1 unspecified atom stereocenters. The number of aromatic nitrogens is 2. The first kappa shape index (κ1) is 16.6. The van der Waals surface area contributed by atoms with Crippen molar-refractivity contribution in [1.29, 1.82) is 0 Å². The first-order valence-corrected chi connectivity index (χ1v) is 8.19. The maximum Gasteiger partial charge on any atom is 0.172 e. The van der Waals surface area contributed by atoms with Crippen LogP contribution in [-0.2, 0) is 6.42 Å². The van der Waals surface area contributed by atoms with Crippen molar-refractivity contribution in [2.24, 2.45) is 0 Å². The van der Waals surface area contributed by atoms with Gasteiger partial charge in [-0.15, -0.1) is 0 Å². The topological polar surface area (TPSA) is 42.9 Å². The number of pyridine rings is 2. The molecule has 1 aromatic carbocycles. The third-order valence-corrected chi connectivity index (χ3v) is 4.33. The zero-order valence-corrected chi connectivity index (χ0v) is 14.2. The van der Waals surface area contributed by atoms with Gasteiger partial charge >= 0.3 is 0 Å². The smallest absolute Gasteiger partial charge is 0.172 e. The van der Waals surface area contributed by atoms with Gasteiger partial charge in [0.25, 0.3) is 0 Å². The maximum atomic E-state index is 13.0. The van der Waals surface area contributed by atoms with E-state index in [-0.39, 0.29) is 5.78 Å². The van der Waals surface area contributed by atoms with E-state index >= 15 is 0 Å². The number of benzene rings is 1. The number of nitrogens with zero attached hydrogens (tertiary/aromatic N) is 2. The summed E-state index contributed by atoms with van der Waals surface area (Å²) >= 11 is 12.3. The van der Waals surface area contributed by atoms with Crippen molar-refractivity contribution in [2.75, 3.05) is 0 Å². The first-order chi connectivity index (χ1) is 11.6. The summed E-state index contributed by atoms with van der Waals surface area (Å²) in [6.07, 6.45) is 7.18. The van der Waals surface area contributed by atoms with Crippen molar-refractivity contribution < 1.29 is 4.79 Å². The molecule has 0 aliphatic rings. The highest BCUT2D eigenvalue weighted by Gasteiger charge is 2.25. The van der Waals surface area contributed by atoms with Gasteiger partial charge in [0, 0.05) is 40.4 Å². The van der Waals surface area contributed by atoms with Crippen LogP contribution in [0.2, 0.25) is 10.0 Å². The minimum atomic E-state index is -0.428. The lowest BCUT2D eigenvalue weighted by molar-refractivity contribution is 0.0958. The summed E-state index contributed by atoms with van der Waals surface area (Å²) in [4.78, 5) is 21.2. The molecule has 1 atom stereocenters. The molecule has 0 aliphatic carbocycles. The summed E-state index contributed by atoms with van der Waals surface area (Å²) in [7, 11) is 0. The number of hydrogen-bond acceptors (Lipinski definition) is 3. The third-order valence-electron chi connectivity index (χ3n) is 3.76. The van der Waals surface area contributed by atoms with Crippen LogP contribution >= 0.6 is 23.2 Å². The van der Waals surface area contributed by atoms with Gasteiger partial charge in [-0.25, -0.2) is 0 Å². The average Bonchev–Trinajstić information content (AvgIpc) is 2.61. The Balaban J connectivity index is 2.02. The normalized spacial score (nSPS) is 11.9. The number of Topliss-reactive ketones (excluding diaryl/α,β-unsaturated/α-hetero) is 1. The molecule has 0 aliphatic heterocycles. The zero-order chi connectivity index (χ0) is 16.9. The van der Waals surface area contributed by atoms with Gasteiger partial charge in [0.1, 0.15) is 0 Å². The van der Waals surface area contributed by atoms with E-state index in [1.54, 1.807) is 55.1 Å². The van der Waals surface area contributed by atoms with Crippen LogP contribution in [0.3, 0.4) is 0 Å². The van der Waals surface area contributed by atoms with E-state index < -0.39 is 5.92 Å². The van der Waals surface area contributed by atoms with Crippen molar-refractivity contribution in [3.63, 3.8) is 0 Å². The van der Waals surface area contributed by atoms with Gasteiger partial charge < -0.3 is 0 Å². The van der Waals surface area contributed by atoms with Crippen molar-refractivity contribution in [3.8, 4) is 0 Å². The molecule has 2 heterocycles. The number of carbonyl (C=O) groups excluding carboxylic acids is 1. The molecule has 0 saturated heterocycles. The lowest BCUT2D eigenvalue weighted by Crippen LogP contribution is -2.16. The van der Waals surface area contributed by atoms with E-state index in [4.69, 9.17) is 23.2 Å². The molecule has 0 radical (unpaired) electrons. The number of ketones is 1. The van der Waals surface area contributed by atoms with Gasteiger partial charge in [0.05, 0.1) is 5.92 Å². The van der Waals surface area contributed by atoms with E-state index in [2.05, 4.69) is 9.97 Å². The van der Waals surface area contributed by atoms with E-state index in [1.807, 2.05) is 12.1 Å². The number of hydrogen-bond donors (Lipinski definition) is 0. The molecule has 5 heteroatoms. The lowest BCUT2D eigenvalue weighted by atomic mass is 9.86. The fourth-order valence-electron chi connectivity index (χ4n) is 2.59. The molecule has 0 fully saturated rings. The maximum absolute atomic E-state index is 13.0. The molecule has 0 bridgehead atoms. The summed E-state index contributed by atoms with van der Waals surface area (Å²) in [6.45, 7) is 0. The Morgan fingerprint density at radius 3 is 2.38 bits per heavy atom. The number of carbonyl (C=O) groups is 1. The lowest BCUT2D eigenvalue weighted by Gasteiger charge is -2.18. The molecule has 0 N–H and O–H groups in total. The van der Waals surface area contributed by atoms with Crippen molar-refractivity contribution in [2.45, 2.75) is 12.3 Å². The van der Waals surface area contributed by atoms with Gasteiger partial charge in [0.2, 0.25) is 0 Å². The van der Waals surface area contributed by atoms with Crippen LogP contribution in [0, 0.1) is 0 Å². The SMILES string of the molecule is O=C(c1cccnc1)C(Cc1cccnc1)c1ccc(Cl)cc1Cl. The second-order valence-corrected chi connectivity index (χ2v) is 6.23. The Morgan fingerprint density at radius 1 is 1.00 bits per heavy atom. The van der Waals surface area contributed by atoms with Crippen molar-refractivity contribution in [3.05, 3.63) is 94.0 Å². The standard InChI is InChI=1S/C19H14Cl2N2O/c20-15-5-6-16(18(21)10-15)17(9-13-3-1-7-22-11-13)19(24)14-4-2-8-23-12-14/h1-8,10-12,17H,9H2. The predicted molar refractivity (Wildman–Crippen MR) is 95.7 cm³/mol. The van der Waals surface area contributed by atoms with E-state index in [9.17, 15) is 4.79 Å². The Labute approximate surface area is 150 Å². The van der Waals surface area contributed by atoms with Crippen LogP contribution in [0.25, 0.3) is 0 Å². The summed E-state index contributed by atoms with van der Waals surface area (Å²) in [5, 5.41) is 1.02. The van der Waals surface area contributed by atoms with Crippen LogP contribution in [0.4, 0.5) is 0 Å². The zero-order valence-electron chi connectivity index (χ0n) is 12.7. The highest BCUT2D eigenvalue weighted by molar-refractivity contribution is 6.35. The molecular formula is C19H14Cl2N2O. The molecule has 3 rings (SSSR count). The van der Waals surface area contributed by atoms with Crippen LogP contribution in [0.15, 0.2) is 67.3 Å². The van der Waals surface area contributed by atoms with Gasteiger partial charge in [0.15, 0.2) is 5.78 Å². The quantitative estimate of drug-likeness (QED) is 0.604. The minimum absolute atomic E-state index is 0.0313. The van der Waals surface area contributed by atoms with Crippen molar-refractivity contribution in [1.82, 2.24) is 9.97 Å². The third kappa shape index (κ3) is 3.81. The van der Waals surface area contributed by atoms with Crippen LogP contribution in [-0.4, -0.2) is 15.8 Å². The molecule has 0 saturated carbocycles. The van der Waals surface area contributed by atoms with Gasteiger partial charge in [-0.1, -0.05) is 35.3 Å². The van der Waals surface area contributed by atoms with Crippen LogP contribution in [0.1, 0.15) is 27.4 Å². The fourth-order valence-corrected chi connectivity index (χ4v) is 3.13. The number of rotatable bonds is 5. The van der Waals surface area contributed by atoms with Crippen LogP contribution in [0.5, 0.6) is 0 Å². The minimum Gasteiger partial charge on any atom is -0.293 e. The molecule has 0 spiro atoms. The molecule has 120 valence electrons. The first-order valence-electron chi connectivity index (χ1n) is 7.43. The van der Waals surface area contributed by atoms with Crippen molar-refractivity contribution >= 4 is 29.0 Å². The van der Waals surface area contributed by atoms with Gasteiger partial charge in [-0.05, 0) is 47.9 Å². The van der Waals surface area contributed by atoms with E-state index in [0.29, 0.717) is 22.0 Å². The second kappa shape index (κ2) is 7.56. The Bertz CT molecular complexity index is 839. The summed E-state index contributed by atoms with van der Waals surface area (Å²) in [5.74, 6) is -0.459. The summed E-state index contributed by atoms with van der Waals surface area (Å²) < 4.78 is 0. The molecule has 3 nitrogen and oxygen atoms in total. The highest BCUT2D eigenvalue weighted by atomic mass is 35.5. The van der Waals surface area contributed by atoms with E-state index in [1.165, 1.54) is 0 Å². The number of halogens is 2. The molecular weight excluding hydrogens is 343 g/mol. The predicted octanol–water partition coefficient (Wildman–Crippen LogP) is 4.99. The van der Waals surface area contributed by atoms with Gasteiger partial charge in [-0.3, -0.25) is 14.8 Å². The van der Waals surface area contributed by atoms with Crippen LogP contribution < -0.4 is 0 Å². The molecule has 24 heavy (non-hydrogen) atoms. The largest absolute Gasteiger partial charge is 0.293 e. The van der Waals surface area contributed by atoms with E-state index in [0.717, 1.165) is 11.1 Å². The Hall–Kier alpha value is -2.23. The second-order valence-electron chi connectivity index (χ2n) is 5.39. The Kier molecular flexibility index (Phi) is 5.24. The molecule has 3 aromatic rings. The highest BCUT2D eigenvalue weighted by Crippen LogP contribution is 2.32. The molecule has 0 amide bonds. The monoisotopic (exact) mass is 356 g/mol. The molecule has 2 aromatic heterocycles. The van der Waals surface area contributed by atoms with Gasteiger partial charge in [-0.2, -0.15) is 0 Å². The average molecular weight is 357 g/mol.